The third kappa shape index (κ3) is 2.30. The van der Waals surface area contributed by atoms with Gasteiger partial charge in [0.25, 0.3) is 0 Å². The van der Waals surface area contributed by atoms with Gasteiger partial charge in [0, 0.05) is 12.4 Å². The van der Waals surface area contributed by atoms with Gasteiger partial charge in [0.2, 0.25) is 0 Å². The van der Waals surface area contributed by atoms with Gasteiger partial charge >= 0.3 is 0 Å². The summed E-state index contributed by atoms with van der Waals surface area (Å²) >= 11 is 0. The molecule has 0 unspecified atom stereocenters. The van der Waals surface area contributed by atoms with Crippen molar-refractivity contribution in [2.75, 3.05) is 0 Å². The van der Waals surface area contributed by atoms with Gasteiger partial charge in [-0.25, -0.2) is 9.67 Å². The zero-order valence-corrected chi connectivity index (χ0v) is 11.9. The molecule has 0 spiro atoms. The molecule has 6 nitrogen and oxygen atoms in total. The Labute approximate surface area is 117 Å². The monoisotopic (exact) mass is 270 g/mol. The molecule has 2 N–H and O–H groups in total. The van der Waals surface area contributed by atoms with E-state index in [1.165, 1.54) is 0 Å². The van der Waals surface area contributed by atoms with Crippen LogP contribution in [0.15, 0.2) is 30.7 Å². The maximum Gasteiger partial charge on any atom is 0.140 e. The number of aromatic nitrogens is 5. The lowest BCUT2D eigenvalue weighted by Crippen LogP contribution is -2.29. The van der Waals surface area contributed by atoms with E-state index in [1.54, 1.807) is 4.68 Å². The normalized spacial score (nSPS) is 12.2. The Balaban J connectivity index is 1.90. The highest BCUT2D eigenvalue weighted by Gasteiger charge is 2.18. The molecule has 0 atom stereocenters. The molecule has 0 aliphatic carbocycles. The minimum absolute atomic E-state index is 0.478. The van der Waals surface area contributed by atoms with E-state index in [0.29, 0.717) is 6.54 Å². The largest absolute Gasteiger partial charge is 0.320 e. The van der Waals surface area contributed by atoms with Gasteiger partial charge in [-0.05, 0) is 32.4 Å². The molecular weight excluding hydrogens is 252 g/mol. The fourth-order valence-electron chi connectivity index (χ4n) is 2.12. The Kier molecular flexibility index (Phi) is 2.83. The molecule has 20 heavy (non-hydrogen) atoms. The highest BCUT2D eigenvalue weighted by atomic mass is 15.4. The van der Waals surface area contributed by atoms with E-state index >= 15 is 0 Å². The van der Waals surface area contributed by atoms with E-state index in [4.69, 9.17) is 5.73 Å². The number of nitrogens with two attached hydrogens (primary N) is 1. The highest BCUT2D eigenvalue weighted by Crippen LogP contribution is 2.14. The second-order valence-electron chi connectivity index (χ2n) is 5.68. The Morgan fingerprint density at radius 3 is 2.75 bits per heavy atom. The van der Waals surface area contributed by atoms with Crippen LogP contribution in [0, 0.1) is 6.92 Å². The van der Waals surface area contributed by atoms with Crippen molar-refractivity contribution in [2.45, 2.75) is 32.9 Å². The van der Waals surface area contributed by atoms with Crippen molar-refractivity contribution in [1.82, 2.24) is 24.4 Å². The first kappa shape index (κ1) is 12.8. The van der Waals surface area contributed by atoms with Crippen LogP contribution in [0.2, 0.25) is 0 Å². The van der Waals surface area contributed by atoms with E-state index in [0.717, 1.165) is 22.6 Å². The molecule has 0 saturated heterocycles. The zero-order valence-electron chi connectivity index (χ0n) is 11.9. The van der Waals surface area contributed by atoms with Crippen molar-refractivity contribution in [1.29, 1.82) is 0 Å². The zero-order chi connectivity index (χ0) is 14.3. The third-order valence-corrected chi connectivity index (χ3v) is 3.25. The summed E-state index contributed by atoms with van der Waals surface area (Å²) in [6.07, 6.45) is 5.88. The fourth-order valence-corrected chi connectivity index (χ4v) is 2.12. The average Bonchev–Trinajstić information content (AvgIpc) is 2.96. The predicted octanol–water partition coefficient (Wildman–Crippen LogP) is 1.48. The molecule has 0 saturated carbocycles. The second kappa shape index (κ2) is 4.42. The summed E-state index contributed by atoms with van der Waals surface area (Å²) in [4.78, 5) is 4.62. The SMILES string of the molecule is Cc1cccn2cc(Cn3cc(C(C)(C)N)nn3)nc12. The van der Waals surface area contributed by atoms with E-state index in [1.807, 2.05) is 42.9 Å². The lowest BCUT2D eigenvalue weighted by Gasteiger charge is -2.13. The number of aryl methyl sites for hydroxylation is 1. The number of rotatable bonds is 3. The Morgan fingerprint density at radius 2 is 2.10 bits per heavy atom. The van der Waals surface area contributed by atoms with Crippen molar-refractivity contribution in [3.05, 3.63) is 47.7 Å². The number of fused-ring (bicyclic) bond motifs is 1. The van der Waals surface area contributed by atoms with Gasteiger partial charge in [0.1, 0.15) is 11.3 Å². The van der Waals surface area contributed by atoms with E-state index in [-0.39, 0.29) is 0 Å². The van der Waals surface area contributed by atoms with Crippen molar-refractivity contribution in [2.24, 2.45) is 5.73 Å². The minimum atomic E-state index is -0.478. The molecule has 6 heteroatoms. The topological polar surface area (TPSA) is 74.0 Å². The van der Waals surface area contributed by atoms with Crippen LogP contribution in [0.4, 0.5) is 0 Å². The van der Waals surface area contributed by atoms with Gasteiger partial charge in [-0.2, -0.15) is 0 Å². The van der Waals surface area contributed by atoms with Crippen LogP contribution < -0.4 is 5.73 Å². The number of imidazole rings is 1. The molecule has 0 amide bonds. The first-order valence-corrected chi connectivity index (χ1v) is 6.56. The predicted molar refractivity (Wildman–Crippen MR) is 76.3 cm³/mol. The number of hydrogen-bond acceptors (Lipinski definition) is 4. The number of hydrogen-bond donors (Lipinski definition) is 1. The molecular formula is C14H18N6. The molecule has 0 aliphatic rings. The smallest absolute Gasteiger partial charge is 0.140 e. The van der Waals surface area contributed by atoms with Gasteiger partial charge in [0.05, 0.1) is 24.0 Å². The van der Waals surface area contributed by atoms with E-state index in [9.17, 15) is 0 Å². The first-order chi connectivity index (χ1) is 9.43. The van der Waals surface area contributed by atoms with Crippen LogP contribution in [0.25, 0.3) is 5.65 Å². The van der Waals surface area contributed by atoms with Crippen molar-refractivity contribution in [3.8, 4) is 0 Å². The van der Waals surface area contributed by atoms with E-state index in [2.05, 4.69) is 28.3 Å². The maximum absolute atomic E-state index is 6.01. The van der Waals surface area contributed by atoms with Crippen molar-refractivity contribution in [3.63, 3.8) is 0 Å². The Hall–Kier alpha value is -2.21. The second-order valence-corrected chi connectivity index (χ2v) is 5.68. The third-order valence-electron chi connectivity index (χ3n) is 3.25. The van der Waals surface area contributed by atoms with Crippen LogP contribution in [0.5, 0.6) is 0 Å². The highest BCUT2D eigenvalue weighted by molar-refractivity contribution is 5.47. The minimum Gasteiger partial charge on any atom is -0.320 e. The summed E-state index contributed by atoms with van der Waals surface area (Å²) in [5.74, 6) is 0. The van der Waals surface area contributed by atoms with Crippen LogP contribution in [0.3, 0.4) is 0 Å². The fraction of sp³-hybridized carbons (Fsp3) is 0.357. The van der Waals surface area contributed by atoms with Gasteiger partial charge in [-0.1, -0.05) is 11.3 Å². The van der Waals surface area contributed by atoms with Crippen LogP contribution >= 0.6 is 0 Å². The molecule has 3 heterocycles. The lowest BCUT2D eigenvalue weighted by molar-refractivity contribution is 0.533. The Morgan fingerprint density at radius 1 is 1.30 bits per heavy atom. The van der Waals surface area contributed by atoms with Gasteiger partial charge in [0.15, 0.2) is 0 Å². The quantitative estimate of drug-likeness (QED) is 0.782. The summed E-state index contributed by atoms with van der Waals surface area (Å²) in [5, 5.41) is 8.22. The number of pyridine rings is 1. The lowest BCUT2D eigenvalue weighted by atomic mass is 10.0. The molecule has 0 radical (unpaired) electrons. The van der Waals surface area contributed by atoms with Crippen LogP contribution in [0.1, 0.15) is 30.8 Å². The molecule has 0 bridgehead atoms. The summed E-state index contributed by atoms with van der Waals surface area (Å²) in [5.41, 5.74) is 9.38. The molecule has 3 aromatic rings. The summed E-state index contributed by atoms with van der Waals surface area (Å²) in [6.45, 7) is 6.46. The van der Waals surface area contributed by atoms with Crippen LogP contribution in [-0.2, 0) is 12.1 Å². The average molecular weight is 270 g/mol. The van der Waals surface area contributed by atoms with Gasteiger partial charge in [-0.3, -0.25) is 0 Å². The maximum atomic E-state index is 6.01. The van der Waals surface area contributed by atoms with Crippen molar-refractivity contribution >= 4 is 5.65 Å². The molecule has 104 valence electrons. The standard InChI is InChI=1S/C14H18N6/c1-10-5-4-6-19-7-11(16-13(10)19)8-20-9-12(17-18-20)14(2,3)15/h4-7,9H,8,15H2,1-3H3. The van der Waals surface area contributed by atoms with Crippen molar-refractivity contribution < 1.29 is 0 Å². The molecule has 3 aromatic heterocycles. The van der Waals surface area contributed by atoms with Gasteiger partial charge < -0.3 is 10.1 Å². The summed E-state index contributed by atoms with van der Waals surface area (Å²) < 4.78 is 3.79. The van der Waals surface area contributed by atoms with E-state index < -0.39 is 5.54 Å². The summed E-state index contributed by atoms with van der Waals surface area (Å²) in [6, 6.07) is 4.06. The first-order valence-electron chi connectivity index (χ1n) is 6.56. The number of nitrogens with zero attached hydrogens (tertiary/aromatic N) is 5. The van der Waals surface area contributed by atoms with Gasteiger partial charge in [-0.15, -0.1) is 5.10 Å². The van der Waals surface area contributed by atoms with Crippen LogP contribution in [-0.4, -0.2) is 24.4 Å². The Bertz CT molecular complexity index is 746. The molecule has 0 fully saturated rings. The molecule has 0 aromatic carbocycles. The molecule has 0 aliphatic heterocycles. The molecule has 3 rings (SSSR count). The summed E-state index contributed by atoms with van der Waals surface area (Å²) in [7, 11) is 0.